The number of nitrogens with two attached hydrogens (primary N) is 1. The predicted molar refractivity (Wildman–Crippen MR) is 73.1 cm³/mol. The largest absolute Gasteiger partial charge is 0.381 e. The Morgan fingerprint density at radius 3 is 2.29 bits per heavy atom. The maximum Gasteiger partial charge on any atom is 0.0595 e. The Morgan fingerprint density at radius 2 is 1.88 bits per heavy atom. The minimum absolute atomic E-state index is 0.384. The summed E-state index contributed by atoms with van der Waals surface area (Å²) in [4.78, 5) is 2.55. The normalized spacial score (nSPS) is 21.7. The molecule has 0 aromatic carbocycles. The lowest BCUT2D eigenvalue weighted by atomic mass is 9.84. The van der Waals surface area contributed by atoms with Crippen LogP contribution < -0.4 is 5.73 Å². The molecule has 0 saturated carbocycles. The van der Waals surface area contributed by atoms with E-state index in [4.69, 9.17) is 10.5 Å². The Labute approximate surface area is 107 Å². The molecule has 0 spiro atoms. The van der Waals surface area contributed by atoms with E-state index >= 15 is 0 Å². The van der Waals surface area contributed by atoms with Gasteiger partial charge in [0.15, 0.2) is 0 Å². The molecule has 3 nitrogen and oxygen atoms in total. The van der Waals surface area contributed by atoms with Crippen molar-refractivity contribution >= 4 is 0 Å². The fourth-order valence-corrected chi connectivity index (χ4v) is 2.78. The molecule has 0 radical (unpaired) electrons. The molecule has 0 amide bonds. The molecule has 102 valence electrons. The van der Waals surface area contributed by atoms with Gasteiger partial charge in [-0.3, -0.25) is 0 Å². The van der Waals surface area contributed by atoms with Crippen molar-refractivity contribution in [1.82, 2.24) is 4.90 Å². The van der Waals surface area contributed by atoms with E-state index in [1.807, 2.05) is 7.11 Å². The van der Waals surface area contributed by atoms with Gasteiger partial charge in [-0.1, -0.05) is 20.8 Å². The Morgan fingerprint density at radius 1 is 1.29 bits per heavy atom. The van der Waals surface area contributed by atoms with Crippen molar-refractivity contribution < 1.29 is 4.74 Å². The maximum absolute atomic E-state index is 5.90. The first-order chi connectivity index (χ1) is 7.94. The maximum atomic E-state index is 5.90. The Bertz CT molecular complexity index is 205. The van der Waals surface area contributed by atoms with Gasteiger partial charge in [0, 0.05) is 26.7 Å². The van der Waals surface area contributed by atoms with Crippen LogP contribution in [0.1, 0.15) is 40.0 Å². The van der Waals surface area contributed by atoms with Crippen LogP contribution in [0.3, 0.4) is 0 Å². The highest BCUT2D eigenvalue weighted by Gasteiger charge is 2.23. The minimum atomic E-state index is 0.384. The van der Waals surface area contributed by atoms with Gasteiger partial charge in [0.1, 0.15) is 0 Å². The molecule has 0 aromatic rings. The van der Waals surface area contributed by atoms with Crippen molar-refractivity contribution in [2.75, 3.05) is 33.3 Å². The summed E-state index contributed by atoms with van der Waals surface area (Å²) in [5.74, 6) is 0.633. The van der Waals surface area contributed by atoms with Crippen molar-refractivity contribution in [3.63, 3.8) is 0 Å². The van der Waals surface area contributed by atoms with Crippen LogP contribution in [0.2, 0.25) is 0 Å². The van der Waals surface area contributed by atoms with Gasteiger partial charge in [0.25, 0.3) is 0 Å². The summed E-state index contributed by atoms with van der Waals surface area (Å²) in [5, 5.41) is 0. The summed E-state index contributed by atoms with van der Waals surface area (Å²) in [6.45, 7) is 11.2. The van der Waals surface area contributed by atoms with Gasteiger partial charge < -0.3 is 15.4 Å². The average molecular weight is 242 g/mol. The predicted octanol–water partition coefficient (Wildman–Crippen LogP) is 2.11. The molecule has 2 N–H and O–H groups in total. The lowest BCUT2D eigenvalue weighted by Crippen LogP contribution is -2.41. The number of rotatable bonds is 5. The van der Waals surface area contributed by atoms with Crippen molar-refractivity contribution in [2.45, 2.75) is 46.1 Å². The summed E-state index contributed by atoms with van der Waals surface area (Å²) in [6.07, 6.45) is 4.03. The van der Waals surface area contributed by atoms with E-state index in [-0.39, 0.29) is 0 Å². The third-order valence-electron chi connectivity index (χ3n) is 3.62. The second-order valence-electron chi connectivity index (χ2n) is 6.60. The van der Waals surface area contributed by atoms with Crippen LogP contribution in [0.4, 0.5) is 0 Å². The molecule has 1 unspecified atom stereocenters. The molecule has 1 rings (SSSR count). The molecule has 1 atom stereocenters. The zero-order valence-electron chi connectivity index (χ0n) is 12.0. The molecule has 1 fully saturated rings. The number of ether oxygens (including phenoxy) is 1. The second kappa shape index (κ2) is 6.72. The third-order valence-corrected chi connectivity index (χ3v) is 3.62. The topological polar surface area (TPSA) is 38.5 Å². The third kappa shape index (κ3) is 5.84. The molecule has 1 aliphatic heterocycles. The Balaban J connectivity index is 2.32. The van der Waals surface area contributed by atoms with Crippen LogP contribution in [0.5, 0.6) is 0 Å². The average Bonchev–Trinajstić information content (AvgIpc) is 2.27. The molecule has 1 saturated heterocycles. The molecule has 0 aromatic heterocycles. The zero-order valence-corrected chi connectivity index (χ0v) is 12.0. The van der Waals surface area contributed by atoms with Gasteiger partial charge in [-0.15, -0.1) is 0 Å². The van der Waals surface area contributed by atoms with Crippen LogP contribution in [0, 0.1) is 11.3 Å². The lowest BCUT2D eigenvalue weighted by Gasteiger charge is -2.35. The molecule has 1 heterocycles. The standard InChI is InChI=1S/C14H30N2O/c1-14(2,3)9-12(10-15)11-16-7-5-13(17-4)6-8-16/h12-13H,5-11,15H2,1-4H3. The molecule has 1 aliphatic rings. The monoisotopic (exact) mass is 242 g/mol. The Kier molecular flexibility index (Phi) is 5.90. The molecular weight excluding hydrogens is 212 g/mol. The highest BCUT2D eigenvalue weighted by Crippen LogP contribution is 2.25. The highest BCUT2D eigenvalue weighted by molar-refractivity contribution is 4.77. The quantitative estimate of drug-likeness (QED) is 0.802. The molecule has 0 bridgehead atoms. The number of hydrogen-bond acceptors (Lipinski definition) is 3. The van der Waals surface area contributed by atoms with E-state index in [0.717, 1.165) is 13.1 Å². The summed E-state index contributed by atoms with van der Waals surface area (Å²) >= 11 is 0. The van der Waals surface area contributed by atoms with Gasteiger partial charge in [-0.25, -0.2) is 0 Å². The number of nitrogens with zero attached hydrogens (tertiary/aromatic N) is 1. The van der Waals surface area contributed by atoms with Gasteiger partial charge in [0.05, 0.1) is 6.10 Å². The van der Waals surface area contributed by atoms with Gasteiger partial charge >= 0.3 is 0 Å². The summed E-state index contributed by atoms with van der Waals surface area (Å²) in [6, 6.07) is 0. The zero-order chi connectivity index (χ0) is 12.9. The van der Waals surface area contributed by atoms with E-state index in [9.17, 15) is 0 Å². The van der Waals surface area contributed by atoms with Crippen LogP contribution in [0.15, 0.2) is 0 Å². The number of likely N-dealkylation sites (tertiary alicyclic amines) is 1. The summed E-state index contributed by atoms with van der Waals surface area (Å²) < 4.78 is 5.40. The SMILES string of the molecule is COC1CCN(CC(CN)CC(C)(C)C)CC1. The van der Waals surface area contributed by atoms with Gasteiger partial charge in [-0.05, 0) is 37.1 Å². The number of methoxy groups -OCH3 is 1. The first-order valence-electron chi connectivity index (χ1n) is 6.90. The summed E-state index contributed by atoms with van der Waals surface area (Å²) in [5.41, 5.74) is 6.28. The smallest absolute Gasteiger partial charge is 0.0595 e. The first kappa shape index (κ1) is 14.9. The fourth-order valence-electron chi connectivity index (χ4n) is 2.78. The molecular formula is C14H30N2O. The van der Waals surface area contributed by atoms with Crippen molar-refractivity contribution in [1.29, 1.82) is 0 Å². The fraction of sp³-hybridized carbons (Fsp3) is 1.00. The van der Waals surface area contributed by atoms with Crippen LogP contribution in [0.25, 0.3) is 0 Å². The van der Waals surface area contributed by atoms with E-state index in [0.29, 0.717) is 17.4 Å². The van der Waals surface area contributed by atoms with Crippen LogP contribution in [-0.4, -0.2) is 44.3 Å². The van der Waals surface area contributed by atoms with Gasteiger partial charge in [-0.2, -0.15) is 0 Å². The van der Waals surface area contributed by atoms with Crippen LogP contribution >= 0.6 is 0 Å². The highest BCUT2D eigenvalue weighted by atomic mass is 16.5. The second-order valence-corrected chi connectivity index (χ2v) is 6.60. The number of hydrogen-bond donors (Lipinski definition) is 1. The first-order valence-corrected chi connectivity index (χ1v) is 6.90. The minimum Gasteiger partial charge on any atom is -0.381 e. The molecule has 17 heavy (non-hydrogen) atoms. The van der Waals surface area contributed by atoms with Gasteiger partial charge in [0.2, 0.25) is 0 Å². The Hall–Kier alpha value is -0.120. The molecule has 0 aliphatic carbocycles. The van der Waals surface area contributed by atoms with E-state index in [1.54, 1.807) is 0 Å². The van der Waals surface area contributed by atoms with E-state index in [2.05, 4.69) is 25.7 Å². The summed E-state index contributed by atoms with van der Waals surface area (Å²) in [7, 11) is 1.82. The van der Waals surface area contributed by atoms with Crippen LogP contribution in [-0.2, 0) is 4.74 Å². The van der Waals surface area contributed by atoms with Crippen molar-refractivity contribution in [3.05, 3.63) is 0 Å². The number of piperidine rings is 1. The lowest BCUT2D eigenvalue weighted by molar-refractivity contribution is 0.0349. The van der Waals surface area contributed by atoms with Crippen molar-refractivity contribution in [3.8, 4) is 0 Å². The van der Waals surface area contributed by atoms with Crippen molar-refractivity contribution in [2.24, 2.45) is 17.1 Å². The van der Waals surface area contributed by atoms with E-state index in [1.165, 1.54) is 32.4 Å². The van der Waals surface area contributed by atoms with E-state index < -0.39 is 0 Å². The molecule has 3 heteroatoms.